The third-order valence-corrected chi connectivity index (χ3v) is 1.34. The van der Waals surface area contributed by atoms with Crippen LogP contribution in [0.4, 0.5) is 0 Å². The molecule has 0 amide bonds. The highest BCUT2D eigenvalue weighted by Gasteiger charge is 1.77. The molecule has 40 valence electrons. The minimum atomic E-state index is 0. The van der Waals surface area contributed by atoms with Gasteiger partial charge in [-0.2, -0.15) is 0 Å². The maximum Gasteiger partial charge on any atom is 0.103 e. The molecule has 0 atom stereocenters. The van der Waals surface area contributed by atoms with Crippen molar-refractivity contribution in [3.63, 3.8) is 0 Å². The molecule has 2 heteroatoms. The molecule has 0 aliphatic rings. The fourth-order valence-electron chi connectivity index (χ4n) is 0.224. The molecule has 0 aliphatic carbocycles. The first kappa shape index (κ1) is 9.58. The Morgan fingerprint density at radius 1 is 1.17 bits per heavy atom. The van der Waals surface area contributed by atoms with Crippen molar-refractivity contribution in [3.8, 4) is 0 Å². The Bertz CT molecular complexity index is 15.0. The van der Waals surface area contributed by atoms with Gasteiger partial charge < -0.3 is 5.48 Å². The van der Waals surface area contributed by atoms with Gasteiger partial charge in [0.25, 0.3) is 0 Å². The van der Waals surface area contributed by atoms with Crippen LogP contribution in [-0.2, 0) is 11.8 Å². The van der Waals surface area contributed by atoms with E-state index >= 15 is 0 Å². The monoisotopic (exact) mass is 108 g/mol. The van der Waals surface area contributed by atoms with Crippen LogP contribution in [0.15, 0.2) is 0 Å². The van der Waals surface area contributed by atoms with E-state index in [9.17, 15) is 0 Å². The summed E-state index contributed by atoms with van der Waals surface area (Å²) in [6, 6.07) is 0. The number of hydrogen-bond donors (Lipinski definition) is 0. The highest BCUT2D eigenvalue weighted by atomic mass is 32.2. The number of rotatable bonds is 2. The van der Waals surface area contributed by atoms with Crippen LogP contribution in [0.1, 0.15) is 13.8 Å². The molecule has 0 heterocycles. The first-order valence-electron chi connectivity index (χ1n) is 2.05. The van der Waals surface area contributed by atoms with Gasteiger partial charge in [0.1, 0.15) is 11.5 Å². The third-order valence-electron chi connectivity index (χ3n) is 0.447. The van der Waals surface area contributed by atoms with Gasteiger partial charge in [0, 0.05) is 0 Å². The van der Waals surface area contributed by atoms with E-state index in [1.807, 2.05) is 0 Å². The summed E-state index contributed by atoms with van der Waals surface area (Å²) in [6.07, 6.45) is 0. The predicted octanol–water partition coefficient (Wildman–Crippen LogP) is 0.664. The Balaban J connectivity index is 0. The van der Waals surface area contributed by atoms with Crippen LogP contribution in [0, 0.1) is 0 Å². The second kappa shape index (κ2) is 9.00. The summed E-state index contributed by atoms with van der Waals surface area (Å²) in [5.74, 6) is 2.63. The Kier molecular flexibility index (Phi) is 14.4. The van der Waals surface area contributed by atoms with Gasteiger partial charge in [-0.15, -0.1) is 0 Å². The molecule has 0 bridgehead atoms. The van der Waals surface area contributed by atoms with Gasteiger partial charge in [0.15, 0.2) is 0 Å². The third kappa shape index (κ3) is 8.85. The Morgan fingerprint density at radius 2 is 1.50 bits per heavy atom. The Labute approximate surface area is 43.4 Å². The van der Waals surface area contributed by atoms with Gasteiger partial charge in [-0.1, -0.05) is 0 Å². The molecule has 0 aromatic rings. The second-order valence-electron chi connectivity index (χ2n) is 0.856. The highest BCUT2D eigenvalue weighted by molar-refractivity contribution is 7.78. The fourth-order valence-corrected chi connectivity index (χ4v) is 0.671. The summed E-state index contributed by atoms with van der Waals surface area (Å²) in [4.78, 5) is 0. The van der Waals surface area contributed by atoms with E-state index in [0.29, 0.717) is 0 Å². The van der Waals surface area contributed by atoms with Gasteiger partial charge in [0.05, 0.1) is 0 Å². The van der Waals surface area contributed by atoms with Gasteiger partial charge in [-0.05, 0) is 25.6 Å². The lowest BCUT2D eigenvalue weighted by atomic mass is 11.0. The average Bonchev–Trinajstić information content (AvgIpc) is 1.41. The zero-order valence-electron chi connectivity index (χ0n) is 4.31. The number of thiol groups is 1. The molecule has 1 N–H and O–H groups in total. The molecule has 0 aliphatic heterocycles. The lowest BCUT2D eigenvalue weighted by Gasteiger charge is -1.69. The molecule has 0 fully saturated rings. The van der Waals surface area contributed by atoms with Crippen LogP contribution in [0.2, 0.25) is 0 Å². The first-order chi connectivity index (χ1) is 2.41. The SMILES string of the molecule is CC[SH+]CC.[OH-]. The molecular formula is C4H12OS. The standard InChI is InChI=1S/C4H10S.H2O/c1-3-5-4-2;/h3-4H2,1-2H3;1H2. The summed E-state index contributed by atoms with van der Waals surface area (Å²) in [6.45, 7) is 4.40. The van der Waals surface area contributed by atoms with Crippen molar-refractivity contribution in [2.75, 3.05) is 11.5 Å². The Morgan fingerprint density at radius 3 is 1.50 bits per heavy atom. The van der Waals surface area contributed by atoms with E-state index < -0.39 is 0 Å². The van der Waals surface area contributed by atoms with Crippen molar-refractivity contribution in [1.82, 2.24) is 0 Å². The summed E-state index contributed by atoms with van der Waals surface area (Å²) in [5, 5.41) is 0. The van der Waals surface area contributed by atoms with Crippen molar-refractivity contribution < 1.29 is 5.48 Å². The maximum absolute atomic E-state index is 2.20. The Hall–Kier alpha value is 0.310. The zero-order chi connectivity index (χ0) is 4.12. The minimum Gasteiger partial charge on any atom is -0.870 e. The van der Waals surface area contributed by atoms with E-state index in [-0.39, 0.29) is 5.48 Å². The molecule has 0 unspecified atom stereocenters. The normalized spacial score (nSPS) is 7.00. The van der Waals surface area contributed by atoms with Crippen LogP contribution in [-0.4, -0.2) is 17.0 Å². The smallest absolute Gasteiger partial charge is 0.103 e. The number of hydrogen-bond acceptors (Lipinski definition) is 1. The molecule has 0 aromatic heterocycles. The minimum absolute atomic E-state index is 0. The van der Waals surface area contributed by atoms with Crippen LogP contribution < -0.4 is 0 Å². The molecule has 1 nitrogen and oxygen atoms in total. The average molecular weight is 108 g/mol. The molecule has 0 rings (SSSR count). The van der Waals surface area contributed by atoms with Gasteiger partial charge >= 0.3 is 0 Å². The summed E-state index contributed by atoms with van der Waals surface area (Å²) in [5.41, 5.74) is 0. The fraction of sp³-hybridized carbons (Fsp3) is 1.00. The van der Waals surface area contributed by atoms with Gasteiger partial charge in [-0.25, -0.2) is 0 Å². The molecule has 0 aromatic carbocycles. The largest absolute Gasteiger partial charge is 0.870 e. The molecule has 0 radical (unpaired) electrons. The maximum atomic E-state index is 2.20. The van der Waals surface area contributed by atoms with E-state index in [1.165, 1.54) is 11.5 Å². The first-order valence-corrected chi connectivity index (χ1v) is 3.31. The van der Waals surface area contributed by atoms with E-state index in [1.54, 1.807) is 11.8 Å². The quantitative estimate of drug-likeness (QED) is 0.377. The second-order valence-corrected chi connectivity index (χ2v) is 2.57. The zero-order valence-corrected chi connectivity index (χ0v) is 5.20. The molecule has 6 heavy (non-hydrogen) atoms. The highest BCUT2D eigenvalue weighted by Crippen LogP contribution is 1.66. The summed E-state index contributed by atoms with van der Waals surface area (Å²) in [7, 11) is 0. The molecule has 0 spiro atoms. The van der Waals surface area contributed by atoms with E-state index in [0.717, 1.165) is 0 Å². The molecule has 0 saturated carbocycles. The molecule has 0 saturated heterocycles. The van der Waals surface area contributed by atoms with Crippen molar-refractivity contribution in [1.29, 1.82) is 0 Å². The van der Waals surface area contributed by atoms with Crippen molar-refractivity contribution in [2.24, 2.45) is 0 Å². The molecular weight excluding hydrogens is 96.1 g/mol. The predicted molar refractivity (Wildman–Crippen MR) is 31.8 cm³/mol. The van der Waals surface area contributed by atoms with Crippen molar-refractivity contribution in [3.05, 3.63) is 0 Å². The van der Waals surface area contributed by atoms with Crippen LogP contribution in [0.25, 0.3) is 0 Å². The van der Waals surface area contributed by atoms with Crippen LogP contribution in [0.5, 0.6) is 0 Å². The lowest BCUT2D eigenvalue weighted by molar-refractivity contribution is 0.824. The van der Waals surface area contributed by atoms with E-state index in [2.05, 4.69) is 13.8 Å². The van der Waals surface area contributed by atoms with Crippen LogP contribution >= 0.6 is 0 Å². The summed E-state index contributed by atoms with van der Waals surface area (Å²) >= 11 is 1.58. The summed E-state index contributed by atoms with van der Waals surface area (Å²) < 4.78 is 0. The van der Waals surface area contributed by atoms with Gasteiger partial charge in [0.2, 0.25) is 0 Å². The topological polar surface area (TPSA) is 30.0 Å². The van der Waals surface area contributed by atoms with Crippen LogP contribution in [0.3, 0.4) is 0 Å². The van der Waals surface area contributed by atoms with Crippen molar-refractivity contribution >= 4 is 11.8 Å². The lowest BCUT2D eigenvalue weighted by Crippen LogP contribution is -1.82. The van der Waals surface area contributed by atoms with Crippen molar-refractivity contribution in [2.45, 2.75) is 13.8 Å². The van der Waals surface area contributed by atoms with Gasteiger partial charge in [-0.3, -0.25) is 0 Å². The van der Waals surface area contributed by atoms with E-state index in [4.69, 9.17) is 0 Å².